The highest BCUT2D eigenvalue weighted by Gasteiger charge is 2.29. The van der Waals surface area contributed by atoms with Gasteiger partial charge in [-0.05, 0) is 26.8 Å². The standard InChI is InChI=1S/C13H18N4O2/c1-7-12(14)17-8-5-9(15-6-10(8)16-7)11(19-4)13(2,3)18/h5-6,11,18H,1-4H3,(H2,14,17). The van der Waals surface area contributed by atoms with Crippen molar-refractivity contribution in [1.82, 2.24) is 15.0 Å². The summed E-state index contributed by atoms with van der Waals surface area (Å²) < 4.78 is 5.31. The van der Waals surface area contributed by atoms with Crippen molar-refractivity contribution in [2.75, 3.05) is 12.8 Å². The first-order valence-corrected chi connectivity index (χ1v) is 5.98. The maximum atomic E-state index is 10.1. The summed E-state index contributed by atoms with van der Waals surface area (Å²) in [5, 5.41) is 10.1. The van der Waals surface area contributed by atoms with E-state index >= 15 is 0 Å². The molecular weight excluding hydrogens is 244 g/mol. The maximum absolute atomic E-state index is 10.1. The van der Waals surface area contributed by atoms with Gasteiger partial charge in [0.05, 0.1) is 28.7 Å². The fraction of sp³-hybridized carbons (Fsp3) is 0.462. The molecule has 0 saturated carbocycles. The third-order valence-electron chi connectivity index (χ3n) is 2.93. The minimum Gasteiger partial charge on any atom is -0.387 e. The van der Waals surface area contributed by atoms with Crippen LogP contribution in [0.4, 0.5) is 5.82 Å². The fourth-order valence-corrected chi connectivity index (χ4v) is 1.99. The van der Waals surface area contributed by atoms with Crippen LogP contribution in [-0.2, 0) is 4.74 Å². The molecule has 1 atom stereocenters. The zero-order valence-corrected chi connectivity index (χ0v) is 11.5. The molecule has 0 aromatic carbocycles. The highest BCUT2D eigenvalue weighted by atomic mass is 16.5. The Bertz CT molecular complexity index is 607. The lowest BCUT2D eigenvalue weighted by Gasteiger charge is -2.27. The zero-order valence-electron chi connectivity index (χ0n) is 11.5. The average molecular weight is 262 g/mol. The van der Waals surface area contributed by atoms with E-state index in [0.717, 1.165) is 0 Å². The Hall–Kier alpha value is -1.79. The van der Waals surface area contributed by atoms with E-state index in [-0.39, 0.29) is 0 Å². The van der Waals surface area contributed by atoms with Crippen molar-refractivity contribution < 1.29 is 9.84 Å². The van der Waals surface area contributed by atoms with E-state index in [1.165, 1.54) is 7.11 Å². The van der Waals surface area contributed by atoms with Crippen LogP contribution in [0.3, 0.4) is 0 Å². The first kappa shape index (κ1) is 13.6. The fourth-order valence-electron chi connectivity index (χ4n) is 1.99. The van der Waals surface area contributed by atoms with E-state index in [9.17, 15) is 5.11 Å². The summed E-state index contributed by atoms with van der Waals surface area (Å²) >= 11 is 0. The predicted molar refractivity (Wildman–Crippen MR) is 72.5 cm³/mol. The van der Waals surface area contributed by atoms with Crippen LogP contribution < -0.4 is 5.73 Å². The molecule has 0 saturated heterocycles. The number of anilines is 1. The number of aromatic nitrogens is 3. The Balaban J connectivity index is 2.55. The van der Waals surface area contributed by atoms with Gasteiger partial charge in [-0.1, -0.05) is 0 Å². The minimum atomic E-state index is -1.04. The molecule has 2 aromatic rings. The Morgan fingerprint density at radius 3 is 2.58 bits per heavy atom. The number of nitrogens with two attached hydrogens (primary N) is 1. The smallest absolute Gasteiger partial charge is 0.145 e. The molecule has 0 aliphatic carbocycles. The van der Waals surface area contributed by atoms with Crippen LogP contribution in [0.5, 0.6) is 0 Å². The highest BCUT2D eigenvalue weighted by Crippen LogP contribution is 2.28. The number of nitrogen functional groups attached to an aromatic ring is 1. The number of hydrogen-bond acceptors (Lipinski definition) is 6. The quantitative estimate of drug-likeness (QED) is 0.867. The molecule has 102 valence electrons. The van der Waals surface area contributed by atoms with Crippen molar-refractivity contribution in [2.45, 2.75) is 32.5 Å². The van der Waals surface area contributed by atoms with Crippen molar-refractivity contribution in [1.29, 1.82) is 0 Å². The van der Waals surface area contributed by atoms with Gasteiger partial charge in [0, 0.05) is 7.11 Å². The van der Waals surface area contributed by atoms with E-state index in [1.54, 1.807) is 33.0 Å². The van der Waals surface area contributed by atoms with Crippen LogP contribution in [0.25, 0.3) is 11.0 Å². The number of pyridine rings is 1. The molecule has 0 aliphatic rings. The number of hydrogen-bond donors (Lipinski definition) is 2. The number of rotatable bonds is 3. The van der Waals surface area contributed by atoms with Crippen LogP contribution in [0, 0.1) is 6.92 Å². The molecule has 19 heavy (non-hydrogen) atoms. The van der Waals surface area contributed by atoms with E-state index in [2.05, 4.69) is 15.0 Å². The number of nitrogens with zero attached hydrogens (tertiary/aromatic N) is 3. The Morgan fingerprint density at radius 1 is 1.32 bits per heavy atom. The second kappa shape index (κ2) is 4.71. The molecule has 0 amide bonds. The molecule has 2 rings (SSSR count). The molecule has 0 radical (unpaired) electrons. The predicted octanol–water partition coefficient (Wildman–Crippen LogP) is 1.37. The SMILES string of the molecule is COC(c1cc2nc(N)c(C)nc2cn1)C(C)(C)O. The van der Waals surface area contributed by atoms with Crippen molar-refractivity contribution in [3.8, 4) is 0 Å². The largest absolute Gasteiger partial charge is 0.387 e. The molecule has 6 nitrogen and oxygen atoms in total. The molecule has 0 bridgehead atoms. The molecule has 0 aliphatic heterocycles. The zero-order chi connectivity index (χ0) is 14.2. The Morgan fingerprint density at radius 2 is 2.00 bits per heavy atom. The van der Waals surface area contributed by atoms with Gasteiger partial charge < -0.3 is 15.6 Å². The number of methoxy groups -OCH3 is 1. The van der Waals surface area contributed by atoms with Crippen LogP contribution in [-0.4, -0.2) is 32.8 Å². The molecule has 0 spiro atoms. The van der Waals surface area contributed by atoms with Gasteiger partial charge in [0.2, 0.25) is 0 Å². The van der Waals surface area contributed by atoms with Crippen LogP contribution >= 0.6 is 0 Å². The van der Waals surface area contributed by atoms with Gasteiger partial charge in [-0.15, -0.1) is 0 Å². The van der Waals surface area contributed by atoms with Crippen molar-refractivity contribution in [2.24, 2.45) is 0 Å². The first-order chi connectivity index (χ1) is 8.82. The van der Waals surface area contributed by atoms with Gasteiger partial charge in [0.1, 0.15) is 17.4 Å². The molecule has 2 heterocycles. The number of fused-ring (bicyclic) bond motifs is 1. The number of aryl methyl sites for hydroxylation is 1. The minimum absolute atomic E-state index is 0.391. The second-order valence-corrected chi connectivity index (χ2v) is 5.06. The van der Waals surface area contributed by atoms with Crippen molar-refractivity contribution >= 4 is 16.9 Å². The van der Waals surface area contributed by atoms with Crippen LogP contribution in [0.2, 0.25) is 0 Å². The van der Waals surface area contributed by atoms with Crippen LogP contribution in [0.1, 0.15) is 31.3 Å². The first-order valence-electron chi connectivity index (χ1n) is 5.98. The monoisotopic (exact) mass is 262 g/mol. The summed E-state index contributed by atoms with van der Waals surface area (Å²) in [6.07, 6.45) is 1.07. The lowest BCUT2D eigenvalue weighted by molar-refractivity contribution is -0.0740. The highest BCUT2D eigenvalue weighted by molar-refractivity contribution is 5.75. The molecule has 2 aromatic heterocycles. The van der Waals surface area contributed by atoms with Gasteiger partial charge in [-0.25, -0.2) is 9.97 Å². The van der Waals surface area contributed by atoms with Crippen molar-refractivity contribution in [3.63, 3.8) is 0 Å². The van der Waals surface area contributed by atoms with Gasteiger partial charge in [-0.3, -0.25) is 4.98 Å². The summed E-state index contributed by atoms with van der Waals surface area (Å²) in [5.41, 5.74) is 7.29. The molecule has 0 fully saturated rings. The topological polar surface area (TPSA) is 94.2 Å². The van der Waals surface area contributed by atoms with Gasteiger partial charge in [-0.2, -0.15) is 0 Å². The molecule has 1 unspecified atom stereocenters. The normalized spacial score (nSPS) is 13.7. The third kappa shape index (κ3) is 2.64. The second-order valence-electron chi connectivity index (χ2n) is 5.06. The van der Waals surface area contributed by atoms with Crippen LogP contribution in [0.15, 0.2) is 12.3 Å². The lowest BCUT2D eigenvalue weighted by atomic mass is 9.98. The Kier molecular flexibility index (Phi) is 3.38. The molecule has 6 heteroatoms. The molecular formula is C13H18N4O2. The number of aliphatic hydroxyl groups is 1. The summed E-state index contributed by atoms with van der Waals surface area (Å²) in [6, 6.07) is 1.74. The van der Waals surface area contributed by atoms with Crippen molar-refractivity contribution in [3.05, 3.63) is 23.7 Å². The van der Waals surface area contributed by atoms with Gasteiger partial charge in [0.15, 0.2) is 0 Å². The summed E-state index contributed by atoms with van der Waals surface area (Å²) in [4.78, 5) is 12.9. The summed E-state index contributed by atoms with van der Waals surface area (Å²) in [7, 11) is 1.53. The van der Waals surface area contributed by atoms with E-state index in [0.29, 0.717) is 28.2 Å². The molecule has 3 N–H and O–H groups in total. The van der Waals surface area contributed by atoms with E-state index in [4.69, 9.17) is 10.5 Å². The Labute approximate surface area is 111 Å². The summed E-state index contributed by atoms with van der Waals surface area (Å²) in [5.74, 6) is 0.391. The van der Waals surface area contributed by atoms with Gasteiger partial charge >= 0.3 is 0 Å². The van der Waals surface area contributed by atoms with Gasteiger partial charge in [0.25, 0.3) is 0 Å². The third-order valence-corrected chi connectivity index (χ3v) is 2.93. The van der Waals surface area contributed by atoms with E-state index < -0.39 is 11.7 Å². The lowest BCUT2D eigenvalue weighted by Crippen LogP contribution is -2.30. The average Bonchev–Trinajstić information content (AvgIpc) is 2.30. The van der Waals surface area contributed by atoms with E-state index in [1.807, 2.05) is 0 Å². The maximum Gasteiger partial charge on any atom is 0.145 e. The number of ether oxygens (including phenoxy) is 1. The summed E-state index contributed by atoms with van der Waals surface area (Å²) in [6.45, 7) is 5.13.